The maximum Gasteiger partial charge on any atom is 0.126 e. The van der Waals surface area contributed by atoms with Gasteiger partial charge in [-0.2, -0.15) is 0 Å². The van der Waals surface area contributed by atoms with E-state index in [1.807, 2.05) is 32.2 Å². The average Bonchev–Trinajstić information content (AvgIpc) is 2.45. The SMILES string of the molecule is CCC/C(=C\c1cc(F)c(C)cc1C)c1ccc(C)cn1. The van der Waals surface area contributed by atoms with Gasteiger partial charge < -0.3 is 0 Å². The van der Waals surface area contributed by atoms with Crippen LogP contribution < -0.4 is 0 Å². The van der Waals surface area contributed by atoms with E-state index in [-0.39, 0.29) is 5.82 Å². The number of allylic oxidation sites excluding steroid dienone is 1. The summed E-state index contributed by atoms with van der Waals surface area (Å²) in [5.41, 5.74) is 5.99. The topological polar surface area (TPSA) is 12.9 Å². The molecule has 0 saturated carbocycles. The Bertz CT molecular complexity index is 654. The molecule has 1 heterocycles. The molecule has 0 atom stereocenters. The van der Waals surface area contributed by atoms with E-state index in [1.165, 1.54) is 0 Å². The summed E-state index contributed by atoms with van der Waals surface area (Å²) in [5.74, 6) is -0.153. The summed E-state index contributed by atoms with van der Waals surface area (Å²) in [6.45, 7) is 7.98. The molecule has 0 spiro atoms. The van der Waals surface area contributed by atoms with Crippen molar-refractivity contribution >= 4 is 11.6 Å². The Hall–Kier alpha value is -1.96. The molecule has 0 aliphatic rings. The largest absolute Gasteiger partial charge is 0.256 e. The van der Waals surface area contributed by atoms with Crippen LogP contribution in [0.15, 0.2) is 30.5 Å². The molecule has 2 heteroatoms. The van der Waals surface area contributed by atoms with Crippen LogP contribution in [0.5, 0.6) is 0 Å². The van der Waals surface area contributed by atoms with Crippen molar-refractivity contribution in [2.75, 3.05) is 0 Å². The first-order valence-corrected chi connectivity index (χ1v) is 7.41. The minimum Gasteiger partial charge on any atom is -0.256 e. The van der Waals surface area contributed by atoms with Gasteiger partial charge >= 0.3 is 0 Å². The van der Waals surface area contributed by atoms with Gasteiger partial charge in [-0.1, -0.05) is 25.5 Å². The smallest absolute Gasteiger partial charge is 0.126 e. The van der Waals surface area contributed by atoms with Crippen LogP contribution in [0.2, 0.25) is 0 Å². The van der Waals surface area contributed by atoms with Crippen molar-refractivity contribution in [1.29, 1.82) is 0 Å². The summed E-state index contributed by atoms with van der Waals surface area (Å²) in [6, 6.07) is 7.62. The fourth-order valence-electron chi connectivity index (χ4n) is 2.39. The van der Waals surface area contributed by atoms with Crippen molar-refractivity contribution < 1.29 is 4.39 Å². The third kappa shape index (κ3) is 3.78. The van der Waals surface area contributed by atoms with Crippen molar-refractivity contribution in [3.05, 3.63) is 64.2 Å². The Kier molecular flexibility index (Phi) is 4.89. The van der Waals surface area contributed by atoms with Gasteiger partial charge in [0.2, 0.25) is 0 Å². The van der Waals surface area contributed by atoms with Gasteiger partial charge in [-0.3, -0.25) is 4.98 Å². The summed E-state index contributed by atoms with van der Waals surface area (Å²) >= 11 is 0. The van der Waals surface area contributed by atoms with Gasteiger partial charge in [-0.05, 0) is 73.2 Å². The molecular formula is C19H22FN. The van der Waals surface area contributed by atoms with Crippen LogP contribution in [0.3, 0.4) is 0 Å². The van der Waals surface area contributed by atoms with Gasteiger partial charge in [0, 0.05) is 6.20 Å². The summed E-state index contributed by atoms with van der Waals surface area (Å²) in [4.78, 5) is 4.50. The number of hydrogen-bond acceptors (Lipinski definition) is 1. The highest BCUT2D eigenvalue weighted by molar-refractivity contribution is 5.81. The summed E-state index contributed by atoms with van der Waals surface area (Å²) in [7, 11) is 0. The van der Waals surface area contributed by atoms with Gasteiger partial charge in [-0.25, -0.2) is 4.39 Å². The van der Waals surface area contributed by atoms with Crippen molar-refractivity contribution in [1.82, 2.24) is 4.98 Å². The maximum absolute atomic E-state index is 13.8. The zero-order chi connectivity index (χ0) is 15.4. The predicted molar refractivity (Wildman–Crippen MR) is 87.6 cm³/mol. The van der Waals surface area contributed by atoms with Crippen molar-refractivity contribution in [3.8, 4) is 0 Å². The predicted octanol–water partition coefficient (Wildman–Crippen LogP) is 5.49. The normalized spacial score (nSPS) is 11.8. The second kappa shape index (κ2) is 6.66. The highest BCUT2D eigenvalue weighted by Gasteiger charge is 2.06. The number of benzene rings is 1. The molecule has 0 aliphatic carbocycles. The second-order valence-electron chi connectivity index (χ2n) is 5.60. The first-order valence-electron chi connectivity index (χ1n) is 7.41. The lowest BCUT2D eigenvalue weighted by Gasteiger charge is -2.09. The second-order valence-corrected chi connectivity index (χ2v) is 5.60. The maximum atomic E-state index is 13.8. The van der Waals surface area contributed by atoms with Crippen molar-refractivity contribution in [3.63, 3.8) is 0 Å². The van der Waals surface area contributed by atoms with Crippen LogP contribution in [0.4, 0.5) is 4.39 Å². The number of hydrogen-bond donors (Lipinski definition) is 0. The Morgan fingerprint density at radius 1 is 1.14 bits per heavy atom. The van der Waals surface area contributed by atoms with E-state index in [0.29, 0.717) is 5.56 Å². The average molecular weight is 283 g/mol. The Morgan fingerprint density at radius 2 is 1.90 bits per heavy atom. The Balaban J connectivity index is 2.46. The van der Waals surface area contributed by atoms with Gasteiger partial charge in [0.05, 0.1) is 5.69 Å². The van der Waals surface area contributed by atoms with E-state index in [4.69, 9.17) is 0 Å². The van der Waals surface area contributed by atoms with Crippen LogP contribution in [-0.2, 0) is 0 Å². The summed E-state index contributed by atoms with van der Waals surface area (Å²) in [6.07, 6.45) is 5.92. The van der Waals surface area contributed by atoms with E-state index in [2.05, 4.69) is 24.1 Å². The molecule has 1 nitrogen and oxygen atoms in total. The first kappa shape index (κ1) is 15.4. The fourth-order valence-corrected chi connectivity index (χ4v) is 2.39. The molecule has 0 saturated heterocycles. The van der Waals surface area contributed by atoms with E-state index in [0.717, 1.165) is 40.8 Å². The minimum absolute atomic E-state index is 0.153. The molecule has 0 bridgehead atoms. The van der Waals surface area contributed by atoms with Crippen LogP contribution in [0.25, 0.3) is 11.6 Å². The molecule has 0 N–H and O–H groups in total. The van der Waals surface area contributed by atoms with Gasteiger partial charge in [0.15, 0.2) is 0 Å². The Labute approximate surface area is 126 Å². The molecule has 1 aromatic heterocycles. The molecule has 0 unspecified atom stereocenters. The minimum atomic E-state index is -0.153. The lowest BCUT2D eigenvalue weighted by Crippen LogP contribution is -1.93. The highest BCUT2D eigenvalue weighted by Crippen LogP contribution is 2.24. The fraction of sp³-hybridized carbons (Fsp3) is 0.316. The molecule has 1 aromatic carbocycles. The molecule has 0 fully saturated rings. The van der Waals surface area contributed by atoms with E-state index < -0.39 is 0 Å². The van der Waals surface area contributed by atoms with Crippen LogP contribution in [-0.4, -0.2) is 4.98 Å². The zero-order valence-electron chi connectivity index (χ0n) is 13.2. The number of pyridine rings is 1. The first-order chi connectivity index (χ1) is 10.0. The third-order valence-electron chi connectivity index (χ3n) is 3.64. The third-order valence-corrected chi connectivity index (χ3v) is 3.64. The molecule has 110 valence electrons. The van der Waals surface area contributed by atoms with E-state index in [9.17, 15) is 4.39 Å². The molecule has 0 amide bonds. The number of aryl methyl sites for hydroxylation is 3. The number of aromatic nitrogens is 1. The quantitative estimate of drug-likeness (QED) is 0.723. The van der Waals surface area contributed by atoms with Crippen LogP contribution in [0.1, 0.15) is 47.7 Å². The number of rotatable bonds is 4. The van der Waals surface area contributed by atoms with Gasteiger partial charge in [0.25, 0.3) is 0 Å². The van der Waals surface area contributed by atoms with E-state index in [1.54, 1.807) is 13.0 Å². The number of halogens is 1. The zero-order valence-corrected chi connectivity index (χ0v) is 13.2. The van der Waals surface area contributed by atoms with Gasteiger partial charge in [-0.15, -0.1) is 0 Å². The van der Waals surface area contributed by atoms with Crippen molar-refractivity contribution in [2.45, 2.75) is 40.5 Å². The Morgan fingerprint density at radius 3 is 2.52 bits per heavy atom. The van der Waals surface area contributed by atoms with Crippen molar-refractivity contribution in [2.24, 2.45) is 0 Å². The molecule has 2 rings (SSSR count). The monoisotopic (exact) mass is 283 g/mol. The molecular weight excluding hydrogens is 261 g/mol. The number of nitrogens with zero attached hydrogens (tertiary/aromatic N) is 1. The van der Waals surface area contributed by atoms with E-state index >= 15 is 0 Å². The van der Waals surface area contributed by atoms with Crippen LogP contribution >= 0.6 is 0 Å². The molecule has 0 radical (unpaired) electrons. The van der Waals surface area contributed by atoms with Gasteiger partial charge in [0.1, 0.15) is 5.82 Å². The summed E-state index contributed by atoms with van der Waals surface area (Å²) < 4.78 is 13.8. The summed E-state index contributed by atoms with van der Waals surface area (Å²) in [5, 5.41) is 0. The standard InChI is InChI=1S/C19H22FN/c1-5-6-16(19-8-7-13(2)12-21-19)10-17-11-18(20)15(4)9-14(17)3/h7-12H,5-6H2,1-4H3/b16-10+. The molecule has 21 heavy (non-hydrogen) atoms. The highest BCUT2D eigenvalue weighted by atomic mass is 19.1. The lowest BCUT2D eigenvalue weighted by atomic mass is 9.98. The van der Waals surface area contributed by atoms with Crippen LogP contribution in [0, 0.1) is 26.6 Å². The lowest BCUT2D eigenvalue weighted by molar-refractivity contribution is 0.617. The molecule has 0 aliphatic heterocycles. The molecule has 2 aromatic rings.